The number of aryl methyl sites for hydroxylation is 1. The number of anilines is 1. The van der Waals surface area contributed by atoms with Crippen molar-refractivity contribution in [1.29, 1.82) is 0 Å². The molecule has 0 atom stereocenters. The zero-order valence-corrected chi connectivity index (χ0v) is 11.6. The minimum atomic E-state index is 0.557. The van der Waals surface area contributed by atoms with E-state index in [2.05, 4.69) is 15.0 Å². The molecule has 0 bridgehead atoms. The van der Waals surface area contributed by atoms with E-state index < -0.39 is 0 Å². The summed E-state index contributed by atoms with van der Waals surface area (Å²) >= 11 is 1.69. The number of thiazole rings is 1. The van der Waals surface area contributed by atoms with Crippen LogP contribution in [-0.2, 0) is 6.42 Å². The second-order valence-corrected chi connectivity index (χ2v) is 4.86. The molecule has 96 valence electrons. The molecule has 5 nitrogen and oxygen atoms in total. The summed E-state index contributed by atoms with van der Waals surface area (Å²) in [5.74, 6) is 1.32. The highest BCUT2D eigenvalue weighted by atomic mass is 32.1. The fourth-order valence-electron chi connectivity index (χ4n) is 1.67. The summed E-state index contributed by atoms with van der Waals surface area (Å²) < 4.78 is 5.20. The zero-order valence-electron chi connectivity index (χ0n) is 10.8. The number of likely N-dealkylation sites (N-methyl/N-ethyl adjacent to an activating group) is 1. The molecule has 0 amide bonds. The molecule has 18 heavy (non-hydrogen) atoms. The van der Waals surface area contributed by atoms with E-state index in [1.165, 1.54) is 4.88 Å². The number of ether oxygens (including phenoxy) is 1. The van der Waals surface area contributed by atoms with Crippen LogP contribution in [0, 0.1) is 6.92 Å². The predicted octanol–water partition coefficient (Wildman–Crippen LogP) is 1.93. The molecule has 0 aromatic carbocycles. The first-order valence-electron chi connectivity index (χ1n) is 5.67. The number of nitrogens with zero attached hydrogens (tertiary/aromatic N) is 4. The zero-order chi connectivity index (χ0) is 13.0. The van der Waals surface area contributed by atoms with Gasteiger partial charge in [0, 0.05) is 37.3 Å². The lowest BCUT2D eigenvalue weighted by atomic mass is 10.3. The highest BCUT2D eigenvalue weighted by molar-refractivity contribution is 7.09. The minimum absolute atomic E-state index is 0.557. The van der Waals surface area contributed by atoms with E-state index >= 15 is 0 Å². The molecule has 0 spiro atoms. The van der Waals surface area contributed by atoms with Crippen molar-refractivity contribution in [3.05, 3.63) is 28.5 Å². The molecule has 0 saturated carbocycles. The summed E-state index contributed by atoms with van der Waals surface area (Å²) in [6.45, 7) is 2.90. The SMILES string of the molecule is COc1nccnc1N(C)CCc1scnc1C. The van der Waals surface area contributed by atoms with E-state index in [-0.39, 0.29) is 0 Å². The number of methoxy groups -OCH3 is 1. The van der Waals surface area contributed by atoms with Crippen LogP contribution in [0.3, 0.4) is 0 Å². The maximum Gasteiger partial charge on any atom is 0.257 e. The van der Waals surface area contributed by atoms with Crippen molar-refractivity contribution in [3.8, 4) is 5.88 Å². The van der Waals surface area contributed by atoms with Crippen LogP contribution in [0.4, 0.5) is 5.82 Å². The molecule has 0 fully saturated rings. The van der Waals surface area contributed by atoms with Crippen LogP contribution in [0.15, 0.2) is 17.9 Å². The Balaban J connectivity index is 2.03. The van der Waals surface area contributed by atoms with Crippen LogP contribution in [0.25, 0.3) is 0 Å². The van der Waals surface area contributed by atoms with E-state index in [9.17, 15) is 0 Å². The van der Waals surface area contributed by atoms with E-state index in [1.807, 2.05) is 24.4 Å². The maximum atomic E-state index is 5.20. The number of aromatic nitrogens is 3. The van der Waals surface area contributed by atoms with Gasteiger partial charge in [-0.2, -0.15) is 0 Å². The van der Waals surface area contributed by atoms with Gasteiger partial charge in [0.05, 0.1) is 18.3 Å². The van der Waals surface area contributed by atoms with Gasteiger partial charge in [0.2, 0.25) is 0 Å². The second kappa shape index (κ2) is 5.77. The topological polar surface area (TPSA) is 51.1 Å². The molecule has 2 aromatic heterocycles. The Morgan fingerprint density at radius 1 is 1.28 bits per heavy atom. The van der Waals surface area contributed by atoms with Crippen LogP contribution < -0.4 is 9.64 Å². The first-order valence-corrected chi connectivity index (χ1v) is 6.55. The van der Waals surface area contributed by atoms with Crippen molar-refractivity contribution in [3.63, 3.8) is 0 Å². The van der Waals surface area contributed by atoms with Gasteiger partial charge < -0.3 is 9.64 Å². The fourth-order valence-corrected chi connectivity index (χ4v) is 2.44. The molecule has 0 aliphatic carbocycles. The predicted molar refractivity (Wildman–Crippen MR) is 72.4 cm³/mol. The maximum absolute atomic E-state index is 5.20. The van der Waals surface area contributed by atoms with Crippen LogP contribution >= 0.6 is 11.3 Å². The number of hydrogen-bond donors (Lipinski definition) is 0. The van der Waals surface area contributed by atoms with Crippen molar-refractivity contribution in [2.24, 2.45) is 0 Å². The Kier molecular flexibility index (Phi) is 4.09. The lowest BCUT2D eigenvalue weighted by molar-refractivity contribution is 0.396. The Bertz CT molecular complexity index is 514. The van der Waals surface area contributed by atoms with Crippen molar-refractivity contribution in [2.45, 2.75) is 13.3 Å². The van der Waals surface area contributed by atoms with Crippen LogP contribution in [-0.4, -0.2) is 35.7 Å². The first-order chi connectivity index (χ1) is 8.72. The molecule has 0 N–H and O–H groups in total. The van der Waals surface area contributed by atoms with Gasteiger partial charge in [-0.15, -0.1) is 11.3 Å². The summed E-state index contributed by atoms with van der Waals surface area (Å²) in [5, 5.41) is 0. The Hall–Kier alpha value is -1.69. The highest BCUT2D eigenvalue weighted by Crippen LogP contribution is 2.21. The average molecular weight is 264 g/mol. The second-order valence-electron chi connectivity index (χ2n) is 3.92. The van der Waals surface area contributed by atoms with Gasteiger partial charge in [-0.25, -0.2) is 15.0 Å². The molecule has 2 aromatic rings. The van der Waals surface area contributed by atoms with Crippen molar-refractivity contribution < 1.29 is 4.74 Å². The lowest BCUT2D eigenvalue weighted by Crippen LogP contribution is -2.22. The van der Waals surface area contributed by atoms with Gasteiger partial charge in [-0.05, 0) is 6.92 Å². The molecule has 0 aliphatic heterocycles. The summed E-state index contributed by atoms with van der Waals surface area (Å²) in [4.78, 5) is 16.0. The van der Waals surface area contributed by atoms with Crippen LogP contribution in [0.1, 0.15) is 10.6 Å². The first kappa shape index (κ1) is 12.8. The largest absolute Gasteiger partial charge is 0.478 e. The summed E-state index contributed by atoms with van der Waals surface area (Å²) in [6, 6.07) is 0. The minimum Gasteiger partial charge on any atom is -0.478 e. The Morgan fingerprint density at radius 3 is 2.72 bits per heavy atom. The van der Waals surface area contributed by atoms with Gasteiger partial charge >= 0.3 is 0 Å². The molecule has 2 heterocycles. The standard InChI is InChI=1S/C12H16N4OS/c1-9-10(18-8-15-9)4-7-16(2)11-12(17-3)14-6-5-13-11/h5-6,8H,4,7H2,1-3H3. The van der Waals surface area contributed by atoms with Crippen LogP contribution in [0.5, 0.6) is 5.88 Å². The number of rotatable bonds is 5. The molecule has 0 saturated heterocycles. The Labute approximate surface area is 110 Å². The number of hydrogen-bond acceptors (Lipinski definition) is 6. The quantitative estimate of drug-likeness (QED) is 0.826. The van der Waals surface area contributed by atoms with Crippen LogP contribution in [0.2, 0.25) is 0 Å². The van der Waals surface area contributed by atoms with Gasteiger partial charge in [-0.1, -0.05) is 0 Å². The van der Waals surface area contributed by atoms with Gasteiger partial charge in [0.25, 0.3) is 5.88 Å². The fraction of sp³-hybridized carbons (Fsp3) is 0.417. The molecule has 0 unspecified atom stereocenters. The van der Waals surface area contributed by atoms with E-state index in [0.29, 0.717) is 5.88 Å². The van der Waals surface area contributed by atoms with Gasteiger partial charge in [0.1, 0.15) is 0 Å². The highest BCUT2D eigenvalue weighted by Gasteiger charge is 2.11. The van der Waals surface area contributed by atoms with Gasteiger partial charge in [-0.3, -0.25) is 0 Å². The Morgan fingerprint density at radius 2 is 2.06 bits per heavy atom. The summed E-state index contributed by atoms with van der Waals surface area (Å²) in [5.41, 5.74) is 2.99. The van der Waals surface area contributed by atoms with E-state index in [1.54, 1.807) is 30.8 Å². The average Bonchev–Trinajstić information content (AvgIpc) is 2.81. The normalized spacial score (nSPS) is 10.4. The lowest BCUT2D eigenvalue weighted by Gasteiger charge is -2.19. The summed E-state index contributed by atoms with van der Waals surface area (Å²) in [7, 11) is 3.59. The van der Waals surface area contributed by atoms with Crippen molar-refractivity contribution in [2.75, 3.05) is 25.6 Å². The van der Waals surface area contributed by atoms with Crippen molar-refractivity contribution >= 4 is 17.2 Å². The van der Waals surface area contributed by atoms with E-state index in [4.69, 9.17) is 4.74 Å². The smallest absolute Gasteiger partial charge is 0.257 e. The molecule has 2 rings (SSSR count). The third kappa shape index (κ3) is 2.76. The molecular weight excluding hydrogens is 248 g/mol. The molecule has 0 aliphatic rings. The molecular formula is C12H16N4OS. The van der Waals surface area contributed by atoms with E-state index in [0.717, 1.165) is 24.5 Å². The van der Waals surface area contributed by atoms with Crippen molar-refractivity contribution in [1.82, 2.24) is 15.0 Å². The molecule has 6 heteroatoms. The monoisotopic (exact) mass is 264 g/mol. The third-order valence-corrected chi connectivity index (χ3v) is 3.72. The molecule has 0 radical (unpaired) electrons. The summed E-state index contributed by atoms with van der Waals surface area (Å²) in [6.07, 6.45) is 4.25. The van der Waals surface area contributed by atoms with Gasteiger partial charge in [0.15, 0.2) is 5.82 Å². The third-order valence-electron chi connectivity index (χ3n) is 2.72.